The molecular weight excluding hydrogens is 214 g/mol. The number of thioether (sulfide) groups is 1. The van der Waals surface area contributed by atoms with Gasteiger partial charge in [0.05, 0.1) is 16.7 Å². The second kappa shape index (κ2) is 5.72. The molecule has 0 saturated heterocycles. The van der Waals surface area contributed by atoms with Gasteiger partial charge in [0.25, 0.3) is 0 Å². The Kier molecular flexibility index (Phi) is 4.58. The highest BCUT2D eigenvalue weighted by molar-refractivity contribution is 7.99. The van der Waals surface area contributed by atoms with Crippen molar-refractivity contribution >= 4 is 17.7 Å². The summed E-state index contributed by atoms with van der Waals surface area (Å²) in [6.45, 7) is 1.95. The zero-order valence-corrected chi connectivity index (χ0v) is 9.45. The van der Waals surface area contributed by atoms with Crippen molar-refractivity contribution in [3.63, 3.8) is 0 Å². The smallest absolute Gasteiger partial charge is 0.335 e. The summed E-state index contributed by atoms with van der Waals surface area (Å²) in [5, 5.41) is 9.48. The molecule has 4 nitrogen and oxygen atoms in total. The minimum atomic E-state index is -0.931. The Morgan fingerprint density at radius 3 is 3.07 bits per heavy atom. The molecule has 0 aliphatic rings. The Bertz CT molecular complexity index is 343. The van der Waals surface area contributed by atoms with Gasteiger partial charge >= 0.3 is 5.97 Å². The van der Waals surface area contributed by atoms with Gasteiger partial charge in [-0.1, -0.05) is 0 Å². The lowest BCUT2D eigenvalue weighted by Gasteiger charge is -2.07. The molecule has 1 N–H and O–H groups in total. The maximum atomic E-state index is 10.7. The summed E-state index contributed by atoms with van der Waals surface area (Å²) in [5.74, 6) is -0.175. The van der Waals surface area contributed by atoms with E-state index in [9.17, 15) is 4.79 Å². The van der Waals surface area contributed by atoms with Crippen molar-refractivity contribution in [2.45, 2.75) is 18.1 Å². The molecule has 0 fully saturated rings. The second-order valence-corrected chi connectivity index (χ2v) is 4.09. The van der Waals surface area contributed by atoms with Gasteiger partial charge in [0.2, 0.25) is 0 Å². The molecule has 0 spiro atoms. The average molecular weight is 227 g/mol. The highest BCUT2D eigenvalue weighted by Gasteiger charge is 2.06. The van der Waals surface area contributed by atoms with Crippen molar-refractivity contribution in [3.8, 4) is 0 Å². The molecular formula is C10H13NO3S. The Morgan fingerprint density at radius 1 is 1.73 bits per heavy atom. The number of carbonyl (C=O) groups is 1. The fraction of sp³-hybridized carbons (Fsp3) is 0.400. The highest BCUT2D eigenvalue weighted by atomic mass is 32.2. The number of ether oxygens (including phenoxy) is 1. The number of methoxy groups -OCH3 is 1. The van der Waals surface area contributed by atoms with E-state index in [1.807, 2.05) is 6.92 Å². The van der Waals surface area contributed by atoms with E-state index in [1.54, 1.807) is 13.2 Å². The minimum absolute atomic E-state index is 0.130. The van der Waals surface area contributed by atoms with Crippen molar-refractivity contribution in [1.82, 2.24) is 4.98 Å². The topological polar surface area (TPSA) is 59.4 Å². The fourth-order valence-corrected chi connectivity index (χ4v) is 1.78. The first-order chi connectivity index (χ1) is 7.13. The molecule has 1 unspecified atom stereocenters. The largest absolute Gasteiger partial charge is 0.478 e. The maximum Gasteiger partial charge on any atom is 0.335 e. The van der Waals surface area contributed by atoms with Crippen LogP contribution in [0, 0.1) is 0 Å². The van der Waals surface area contributed by atoms with Gasteiger partial charge in [-0.05, 0) is 19.1 Å². The van der Waals surface area contributed by atoms with E-state index >= 15 is 0 Å². The third-order valence-electron chi connectivity index (χ3n) is 1.85. The summed E-state index contributed by atoms with van der Waals surface area (Å²) in [6, 6.07) is 3.04. The van der Waals surface area contributed by atoms with Gasteiger partial charge in [-0.25, -0.2) is 9.78 Å². The quantitative estimate of drug-likeness (QED) is 0.778. The van der Waals surface area contributed by atoms with E-state index in [-0.39, 0.29) is 11.7 Å². The predicted molar refractivity (Wildman–Crippen MR) is 58.4 cm³/mol. The van der Waals surface area contributed by atoms with Gasteiger partial charge in [0.15, 0.2) is 0 Å². The lowest BCUT2D eigenvalue weighted by Crippen LogP contribution is -2.07. The van der Waals surface area contributed by atoms with Crippen molar-refractivity contribution in [1.29, 1.82) is 0 Å². The number of hydrogen-bond donors (Lipinski definition) is 1. The summed E-state index contributed by atoms with van der Waals surface area (Å²) in [4.78, 5) is 14.8. The Labute approximate surface area is 92.7 Å². The number of hydrogen-bond acceptors (Lipinski definition) is 4. The summed E-state index contributed by atoms with van der Waals surface area (Å²) in [6.07, 6.45) is 1.63. The van der Waals surface area contributed by atoms with Gasteiger partial charge in [-0.3, -0.25) is 0 Å². The van der Waals surface area contributed by atoms with Gasteiger partial charge in [-0.2, -0.15) is 0 Å². The first-order valence-corrected chi connectivity index (χ1v) is 5.47. The zero-order chi connectivity index (χ0) is 11.3. The molecule has 1 heterocycles. The Hall–Kier alpha value is -1.07. The summed E-state index contributed by atoms with van der Waals surface area (Å²) in [7, 11) is 1.65. The van der Waals surface area contributed by atoms with Gasteiger partial charge < -0.3 is 9.84 Å². The summed E-state index contributed by atoms with van der Waals surface area (Å²) < 4.78 is 5.08. The van der Waals surface area contributed by atoms with Crippen molar-refractivity contribution < 1.29 is 14.6 Å². The summed E-state index contributed by atoms with van der Waals surface area (Å²) >= 11 is 1.49. The predicted octanol–water partition coefficient (Wildman–Crippen LogP) is 1.91. The molecule has 1 aromatic rings. The minimum Gasteiger partial charge on any atom is -0.478 e. The number of nitrogens with zero attached hydrogens (tertiary/aromatic N) is 1. The number of pyridine rings is 1. The van der Waals surface area contributed by atoms with Crippen LogP contribution in [0.15, 0.2) is 23.4 Å². The van der Waals surface area contributed by atoms with E-state index in [0.29, 0.717) is 5.03 Å². The molecule has 1 atom stereocenters. The molecule has 1 rings (SSSR count). The van der Waals surface area contributed by atoms with Gasteiger partial charge in [-0.15, -0.1) is 11.8 Å². The number of aromatic carboxylic acids is 1. The Morgan fingerprint density at radius 2 is 2.47 bits per heavy atom. The SMILES string of the molecule is COC(C)CSc1cc(C(=O)O)ccn1. The first kappa shape index (κ1) is 12.0. The molecule has 5 heteroatoms. The van der Waals surface area contributed by atoms with Crippen LogP contribution < -0.4 is 0 Å². The van der Waals surface area contributed by atoms with E-state index in [2.05, 4.69) is 4.98 Å². The van der Waals surface area contributed by atoms with E-state index in [0.717, 1.165) is 5.75 Å². The van der Waals surface area contributed by atoms with Crippen LogP contribution in [0.4, 0.5) is 0 Å². The fourth-order valence-electron chi connectivity index (χ4n) is 0.892. The zero-order valence-electron chi connectivity index (χ0n) is 8.64. The molecule has 0 aliphatic carbocycles. The Balaban J connectivity index is 2.62. The van der Waals surface area contributed by atoms with Gasteiger partial charge in [0, 0.05) is 19.1 Å². The molecule has 0 aliphatic heterocycles. The number of carboxylic acid groups (broad SMARTS) is 1. The normalized spacial score (nSPS) is 12.4. The number of rotatable bonds is 5. The molecule has 15 heavy (non-hydrogen) atoms. The number of aromatic nitrogens is 1. The third-order valence-corrected chi connectivity index (χ3v) is 3.01. The van der Waals surface area contributed by atoms with Crippen LogP contribution >= 0.6 is 11.8 Å². The van der Waals surface area contributed by atoms with Crippen LogP contribution in [0.2, 0.25) is 0 Å². The van der Waals surface area contributed by atoms with Crippen molar-refractivity contribution in [2.75, 3.05) is 12.9 Å². The van der Waals surface area contributed by atoms with E-state index < -0.39 is 5.97 Å². The molecule has 0 bridgehead atoms. The maximum absolute atomic E-state index is 10.7. The molecule has 0 amide bonds. The standard InChI is InChI=1S/C10H13NO3S/c1-7(14-2)6-15-9-5-8(10(12)13)3-4-11-9/h3-5,7H,6H2,1-2H3,(H,12,13). The van der Waals surface area contributed by atoms with Crippen LogP contribution in [0.3, 0.4) is 0 Å². The van der Waals surface area contributed by atoms with Crippen LogP contribution in [-0.4, -0.2) is 35.0 Å². The molecule has 1 aromatic heterocycles. The van der Waals surface area contributed by atoms with Crippen molar-refractivity contribution in [2.24, 2.45) is 0 Å². The first-order valence-electron chi connectivity index (χ1n) is 4.48. The lowest BCUT2D eigenvalue weighted by atomic mass is 10.3. The van der Waals surface area contributed by atoms with Crippen LogP contribution in [-0.2, 0) is 4.74 Å². The van der Waals surface area contributed by atoms with E-state index in [1.165, 1.54) is 24.0 Å². The second-order valence-electron chi connectivity index (χ2n) is 3.05. The van der Waals surface area contributed by atoms with Crippen LogP contribution in [0.1, 0.15) is 17.3 Å². The molecule has 0 aromatic carbocycles. The highest BCUT2D eigenvalue weighted by Crippen LogP contribution is 2.17. The molecule has 0 radical (unpaired) electrons. The van der Waals surface area contributed by atoms with Crippen LogP contribution in [0.25, 0.3) is 0 Å². The molecule has 0 saturated carbocycles. The monoisotopic (exact) mass is 227 g/mol. The van der Waals surface area contributed by atoms with Crippen LogP contribution in [0.5, 0.6) is 0 Å². The average Bonchev–Trinajstić information content (AvgIpc) is 2.26. The van der Waals surface area contributed by atoms with Crippen molar-refractivity contribution in [3.05, 3.63) is 23.9 Å². The number of carboxylic acids is 1. The lowest BCUT2D eigenvalue weighted by molar-refractivity contribution is 0.0696. The van der Waals surface area contributed by atoms with Gasteiger partial charge in [0.1, 0.15) is 0 Å². The third kappa shape index (κ3) is 3.89. The summed E-state index contributed by atoms with van der Waals surface area (Å²) in [5.41, 5.74) is 0.262. The molecule has 82 valence electrons. The van der Waals surface area contributed by atoms with E-state index in [4.69, 9.17) is 9.84 Å².